The van der Waals surface area contributed by atoms with Crippen LogP contribution >= 0.6 is 0 Å². The highest BCUT2D eigenvalue weighted by molar-refractivity contribution is 5.50. The van der Waals surface area contributed by atoms with Crippen LogP contribution in [0.5, 0.6) is 0 Å². The molecular weight excluding hydrogens is 311 g/mol. The minimum atomic E-state index is -0.763. The van der Waals surface area contributed by atoms with Crippen molar-refractivity contribution in [3.05, 3.63) is 48.0 Å². The maximum absolute atomic E-state index is 12.9. The van der Waals surface area contributed by atoms with Crippen LogP contribution in [0.25, 0.3) is 0 Å². The van der Waals surface area contributed by atoms with Gasteiger partial charge in [-0.1, -0.05) is 12.1 Å². The summed E-state index contributed by atoms with van der Waals surface area (Å²) in [6, 6.07) is 7.67. The van der Waals surface area contributed by atoms with E-state index in [2.05, 4.69) is 20.2 Å². The number of rotatable bonds is 6. The molecule has 3 rings (SSSR count). The largest absolute Gasteiger partial charge is 0.394 e. The molecule has 0 saturated carbocycles. The van der Waals surface area contributed by atoms with Gasteiger partial charge in [-0.25, -0.2) is 14.4 Å². The van der Waals surface area contributed by atoms with Gasteiger partial charge in [-0.2, -0.15) is 0 Å². The van der Waals surface area contributed by atoms with Crippen molar-refractivity contribution in [2.75, 3.05) is 29.9 Å². The van der Waals surface area contributed by atoms with Gasteiger partial charge in [0.1, 0.15) is 23.8 Å². The number of halogens is 1. The molecule has 128 valence electrons. The summed E-state index contributed by atoms with van der Waals surface area (Å²) in [5.41, 5.74) is 0.637. The van der Waals surface area contributed by atoms with E-state index in [4.69, 9.17) is 0 Å². The van der Waals surface area contributed by atoms with Gasteiger partial charge in [0.25, 0.3) is 0 Å². The fourth-order valence-electron chi connectivity index (χ4n) is 2.93. The topological polar surface area (TPSA) is 81.5 Å². The van der Waals surface area contributed by atoms with Crippen LogP contribution in [0.1, 0.15) is 24.5 Å². The Hall–Kier alpha value is -2.25. The van der Waals surface area contributed by atoms with Gasteiger partial charge in [-0.05, 0) is 30.5 Å². The van der Waals surface area contributed by atoms with Crippen molar-refractivity contribution in [1.29, 1.82) is 0 Å². The number of aliphatic hydroxyl groups excluding tert-OH is 2. The smallest absolute Gasteiger partial charge is 0.134 e. The van der Waals surface area contributed by atoms with Crippen LogP contribution in [0.4, 0.5) is 16.0 Å². The number of benzene rings is 1. The minimum absolute atomic E-state index is 0.0950. The summed E-state index contributed by atoms with van der Waals surface area (Å²) in [5.74, 6) is 1.04. The predicted molar refractivity (Wildman–Crippen MR) is 89.3 cm³/mol. The molecule has 2 heterocycles. The molecular formula is C17H21FN4O2. The molecule has 1 aromatic carbocycles. The van der Waals surface area contributed by atoms with E-state index in [1.165, 1.54) is 18.5 Å². The number of hydrogen-bond donors (Lipinski definition) is 3. The molecule has 3 N–H and O–H groups in total. The number of hydrogen-bond acceptors (Lipinski definition) is 6. The maximum atomic E-state index is 12.9. The SMILES string of the molecule is OC[C@@H]1CCCN1c1cc(NC[C@H](O)c2ccc(F)cc2)ncn1. The molecule has 0 radical (unpaired) electrons. The van der Waals surface area contributed by atoms with E-state index in [9.17, 15) is 14.6 Å². The quantitative estimate of drug-likeness (QED) is 0.747. The molecule has 1 aliphatic rings. The molecule has 0 bridgehead atoms. The van der Waals surface area contributed by atoms with Crippen LogP contribution < -0.4 is 10.2 Å². The van der Waals surface area contributed by atoms with Crippen molar-refractivity contribution in [3.8, 4) is 0 Å². The molecule has 0 amide bonds. The zero-order chi connectivity index (χ0) is 16.9. The van der Waals surface area contributed by atoms with Crippen LogP contribution in [0.2, 0.25) is 0 Å². The molecule has 0 spiro atoms. The first-order valence-corrected chi connectivity index (χ1v) is 8.04. The van der Waals surface area contributed by atoms with Crippen LogP contribution in [0.15, 0.2) is 36.7 Å². The number of aliphatic hydroxyl groups is 2. The van der Waals surface area contributed by atoms with Crippen LogP contribution in [-0.4, -0.2) is 45.9 Å². The Bertz CT molecular complexity index is 668. The van der Waals surface area contributed by atoms with Gasteiger partial charge in [-0.3, -0.25) is 0 Å². The molecule has 1 saturated heterocycles. The van der Waals surface area contributed by atoms with Crippen molar-refractivity contribution in [1.82, 2.24) is 9.97 Å². The first-order chi connectivity index (χ1) is 11.7. The van der Waals surface area contributed by atoms with E-state index in [1.807, 2.05) is 6.07 Å². The Kier molecular flexibility index (Phi) is 5.22. The van der Waals surface area contributed by atoms with E-state index >= 15 is 0 Å². The monoisotopic (exact) mass is 332 g/mol. The number of anilines is 2. The van der Waals surface area contributed by atoms with Crippen molar-refractivity contribution in [2.45, 2.75) is 25.0 Å². The normalized spacial score (nSPS) is 18.6. The fourth-order valence-corrected chi connectivity index (χ4v) is 2.93. The third-order valence-electron chi connectivity index (χ3n) is 4.27. The Morgan fingerprint density at radius 1 is 1.29 bits per heavy atom. The second kappa shape index (κ2) is 7.55. The molecule has 2 atom stereocenters. The average molecular weight is 332 g/mol. The summed E-state index contributed by atoms with van der Waals surface area (Å²) in [4.78, 5) is 10.5. The predicted octanol–water partition coefficient (Wildman–Crippen LogP) is 1.72. The molecule has 24 heavy (non-hydrogen) atoms. The molecule has 1 aromatic heterocycles. The van der Waals surface area contributed by atoms with Gasteiger partial charge >= 0.3 is 0 Å². The van der Waals surface area contributed by atoms with Crippen LogP contribution in [-0.2, 0) is 0 Å². The second-order valence-corrected chi connectivity index (χ2v) is 5.88. The Morgan fingerprint density at radius 3 is 2.83 bits per heavy atom. The van der Waals surface area contributed by atoms with E-state index in [1.54, 1.807) is 12.1 Å². The van der Waals surface area contributed by atoms with E-state index in [-0.39, 0.29) is 25.0 Å². The summed E-state index contributed by atoms with van der Waals surface area (Å²) < 4.78 is 12.9. The summed E-state index contributed by atoms with van der Waals surface area (Å²) in [6.07, 6.45) is 2.68. The lowest BCUT2D eigenvalue weighted by Gasteiger charge is -2.24. The van der Waals surface area contributed by atoms with Crippen molar-refractivity contribution in [3.63, 3.8) is 0 Å². The summed E-state index contributed by atoms with van der Waals surface area (Å²) >= 11 is 0. The first kappa shape index (κ1) is 16.6. The highest BCUT2D eigenvalue weighted by atomic mass is 19.1. The van der Waals surface area contributed by atoms with Gasteiger partial charge in [-0.15, -0.1) is 0 Å². The molecule has 1 fully saturated rings. The zero-order valence-electron chi connectivity index (χ0n) is 13.3. The minimum Gasteiger partial charge on any atom is -0.394 e. The van der Waals surface area contributed by atoms with Crippen LogP contribution in [0, 0.1) is 5.82 Å². The highest BCUT2D eigenvalue weighted by Crippen LogP contribution is 2.24. The molecule has 0 unspecified atom stereocenters. The first-order valence-electron chi connectivity index (χ1n) is 8.04. The third-order valence-corrected chi connectivity index (χ3v) is 4.27. The van der Waals surface area contributed by atoms with Crippen LogP contribution in [0.3, 0.4) is 0 Å². The van der Waals surface area contributed by atoms with Crippen molar-refractivity contribution < 1.29 is 14.6 Å². The lowest BCUT2D eigenvalue weighted by atomic mass is 10.1. The summed E-state index contributed by atoms with van der Waals surface area (Å²) in [7, 11) is 0. The Balaban J connectivity index is 1.63. The number of aromatic nitrogens is 2. The zero-order valence-corrected chi connectivity index (χ0v) is 13.3. The summed E-state index contributed by atoms with van der Waals surface area (Å²) in [5, 5.41) is 22.7. The van der Waals surface area contributed by atoms with Gasteiger partial charge < -0.3 is 20.4 Å². The lowest BCUT2D eigenvalue weighted by molar-refractivity contribution is 0.191. The van der Waals surface area contributed by atoms with Crippen molar-refractivity contribution in [2.24, 2.45) is 0 Å². The van der Waals surface area contributed by atoms with E-state index < -0.39 is 6.10 Å². The number of nitrogens with zero attached hydrogens (tertiary/aromatic N) is 3. The molecule has 6 nitrogen and oxygen atoms in total. The lowest BCUT2D eigenvalue weighted by Crippen LogP contribution is -2.32. The molecule has 0 aliphatic carbocycles. The average Bonchev–Trinajstić information content (AvgIpc) is 3.09. The standard InChI is InChI=1S/C17H21FN4O2/c18-13-5-3-12(4-6-13)15(24)9-19-16-8-17(21-11-20-16)22-7-1-2-14(22)10-23/h3-6,8,11,14-15,23-24H,1-2,7,9-10H2,(H,19,20,21)/t14-,15-/m0/s1. The highest BCUT2D eigenvalue weighted by Gasteiger charge is 2.25. The van der Waals surface area contributed by atoms with Crippen molar-refractivity contribution >= 4 is 11.6 Å². The Labute approximate surface area is 140 Å². The van der Waals surface area contributed by atoms with Gasteiger partial charge in [0.2, 0.25) is 0 Å². The molecule has 2 aromatic rings. The summed E-state index contributed by atoms with van der Waals surface area (Å²) in [6.45, 7) is 1.22. The van der Waals surface area contributed by atoms with Gasteiger partial charge in [0.05, 0.1) is 18.8 Å². The Morgan fingerprint density at radius 2 is 2.08 bits per heavy atom. The van der Waals surface area contributed by atoms with Gasteiger partial charge in [0.15, 0.2) is 0 Å². The molecule has 1 aliphatic heterocycles. The number of nitrogens with one attached hydrogen (secondary N) is 1. The fraction of sp³-hybridized carbons (Fsp3) is 0.412. The molecule has 7 heteroatoms. The van der Waals surface area contributed by atoms with Gasteiger partial charge in [0, 0.05) is 19.2 Å². The van der Waals surface area contributed by atoms with E-state index in [0.29, 0.717) is 11.4 Å². The third kappa shape index (κ3) is 3.80. The maximum Gasteiger partial charge on any atom is 0.134 e. The van der Waals surface area contributed by atoms with E-state index in [0.717, 1.165) is 25.2 Å². The second-order valence-electron chi connectivity index (χ2n) is 5.88.